The maximum Gasteiger partial charge on any atom is 0.240 e. The van der Waals surface area contributed by atoms with Crippen LogP contribution in [-0.4, -0.2) is 39.6 Å². The van der Waals surface area contributed by atoms with Crippen LogP contribution in [0.15, 0.2) is 29.2 Å². The van der Waals surface area contributed by atoms with Crippen LogP contribution in [0, 0.1) is 5.41 Å². The zero-order valence-electron chi connectivity index (χ0n) is 16.2. The van der Waals surface area contributed by atoms with Crippen molar-refractivity contribution < 1.29 is 17.9 Å². The van der Waals surface area contributed by atoms with Crippen molar-refractivity contribution in [2.75, 3.05) is 7.05 Å². The van der Waals surface area contributed by atoms with Crippen molar-refractivity contribution in [3.63, 3.8) is 0 Å². The first-order valence-corrected chi connectivity index (χ1v) is 10.5. The molecule has 0 radical (unpaired) electrons. The van der Waals surface area contributed by atoms with Crippen molar-refractivity contribution in [1.82, 2.24) is 10.0 Å². The predicted molar refractivity (Wildman–Crippen MR) is 101 cm³/mol. The maximum absolute atomic E-state index is 12.3. The number of aryl methyl sites for hydroxylation is 1. The Morgan fingerprint density at radius 2 is 1.88 bits per heavy atom. The highest BCUT2D eigenvalue weighted by Gasteiger charge is 2.49. The number of carbonyl (C=O) groups is 1. The van der Waals surface area contributed by atoms with E-state index in [2.05, 4.69) is 23.9 Å². The Bertz CT molecular complexity index is 726. The molecular weight excluding hydrogens is 352 g/mol. The molecule has 26 heavy (non-hydrogen) atoms. The molecule has 0 spiro atoms. The van der Waals surface area contributed by atoms with E-state index in [1.165, 1.54) is 7.05 Å². The summed E-state index contributed by atoms with van der Waals surface area (Å²) in [5.74, 6) is 0.0120. The van der Waals surface area contributed by atoms with E-state index < -0.39 is 10.0 Å². The van der Waals surface area contributed by atoms with Gasteiger partial charge in [0.2, 0.25) is 15.9 Å². The molecule has 1 aromatic carbocycles. The molecule has 0 aromatic heterocycles. The number of nitrogens with one attached hydrogen (secondary N) is 2. The van der Waals surface area contributed by atoms with Crippen molar-refractivity contribution in [3.8, 4) is 0 Å². The Kier molecular flexibility index (Phi) is 6.47. The van der Waals surface area contributed by atoms with Crippen LogP contribution in [0.5, 0.6) is 0 Å². The van der Waals surface area contributed by atoms with Gasteiger partial charge in [0.25, 0.3) is 0 Å². The molecule has 0 bridgehead atoms. The smallest absolute Gasteiger partial charge is 0.240 e. The number of hydrogen-bond donors (Lipinski definition) is 2. The summed E-state index contributed by atoms with van der Waals surface area (Å²) in [5.41, 5.74) is 0.868. The average Bonchev–Trinajstić information content (AvgIpc) is 2.59. The summed E-state index contributed by atoms with van der Waals surface area (Å²) in [6.07, 6.45) is 2.15. The Hall–Kier alpha value is -1.44. The minimum Gasteiger partial charge on any atom is -0.375 e. The van der Waals surface area contributed by atoms with Crippen LogP contribution in [0.4, 0.5) is 0 Å². The van der Waals surface area contributed by atoms with E-state index in [9.17, 15) is 13.2 Å². The van der Waals surface area contributed by atoms with Gasteiger partial charge in [-0.25, -0.2) is 13.1 Å². The highest BCUT2D eigenvalue weighted by molar-refractivity contribution is 7.89. The number of sulfonamides is 1. The number of rotatable bonds is 8. The molecule has 146 valence electrons. The van der Waals surface area contributed by atoms with Crippen LogP contribution >= 0.6 is 0 Å². The van der Waals surface area contributed by atoms with Crippen molar-refractivity contribution >= 4 is 15.9 Å². The van der Waals surface area contributed by atoms with Gasteiger partial charge in [-0.1, -0.05) is 26.0 Å². The number of amides is 1. The average molecular weight is 383 g/mol. The van der Waals surface area contributed by atoms with Crippen LogP contribution in [0.3, 0.4) is 0 Å². The predicted octanol–water partition coefficient (Wildman–Crippen LogP) is 2.24. The molecule has 1 saturated carbocycles. The third-order valence-electron chi connectivity index (χ3n) is 5.09. The van der Waals surface area contributed by atoms with E-state index in [-0.39, 0.29) is 34.5 Å². The fraction of sp³-hybridized carbons (Fsp3) is 0.632. The number of benzene rings is 1. The summed E-state index contributed by atoms with van der Waals surface area (Å²) < 4.78 is 31.6. The largest absolute Gasteiger partial charge is 0.375 e. The summed E-state index contributed by atoms with van der Waals surface area (Å²) in [7, 11) is -2.04. The van der Waals surface area contributed by atoms with Gasteiger partial charge in [0.05, 0.1) is 17.1 Å². The highest BCUT2D eigenvalue weighted by Crippen LogP contribution is 2.43. The van der Waals surface area contributed by atoms with Gasteiger partial charge in [-0.2, -0.15) is 0 Å². The normalized spacial score (nSPS) is 22.1. The van der Waals surface area contributed by atoms with Crippen LogP contribution in [0.25, 0.3) is 0 Å². The van der Waals surface area contributed by atoms with Crippen LogP contribution < -0.4 is 10.0 Å². The van der Waals surface area contributed by atoms with Gasteiger partial charge in [-0.3, -0.25) is 4.79 Å². The first-order chi connectivity index (χ1) is 12.1. The number of hydrogen-bond acceptors (Lipinski definition) is 4. The second-order valence-electron chi connectivity index (χ2n) is 7.70. The van der Waals surface area contributed by atoms with Gasteiger partial charge in [0.15, 0.2) is 0 Å². The third-order valence-corrected chi connectivity index (χ3v) is 6.52. The molecule has 7 heteroatoms. The molecule has 1 aromatic rings. The molecule has 1 aliphatic carbocycles. The van der Waals surface area contributed by atoms with Gasteiger partial charge in [-0.15, -0.1) is 0 Å². The third kappa shape index (κ3) is 4.84. The van der Waals surface area contributed by atoms with E-state index in [0.717, 1.165) is 12.0 Å². The van der Waals surface area contributed by atoms with E-state index >= 15 is 0 Å². The van der Waals surface area contributed by atoms with Crippen molar-refractivity contribution in [2.45, 2.75) is 70.1 Å². The molecule has 2 N–H and O–H groups in total. The van der Waals surface area contributed by atoms with E-state index in [0.29, 0.717) is 12.8 Å². The van der Waals surface area contributed by atoms with Crippen molar-refractivity contribution in [3.05, 3.63) is 29.8 Å². The molecule has 0 heterocycles. The number of ether oxygens (including phenoxy) is 1. The molecule has 2 rings (SSSR count). The summed E-state index contributed by atoms with van der Waals surface area (Å²) in [6, 6.07) is 6.74. The lowest BCUT2D eigenvalue weighted by Crippen LogP contribution is -2.62. The highest BCUT2D eigenvalue weighted by atomic mass is 32.2. The minimum absolute atomic E-state index is 0.0120. The summed E-state index contributed by atoms with van der Waals surface area (Å²) in [4.78, 5) is 12.5. The molecule has 1 aliphatic rings. The fourth-order valence-electron chi connectivity index (χ4n) is 3.17. The van der Waals surface area contributed by atoms with E-state index in [1.807, 2.05) is 13.8 Å². The van der Waals surface area contributed by atoms with Crippen LogP contribution in [0.2, 0.25) is 0 Å². The molecule has 2 atom stereocenters. The first-order valence-electron chi connectivity index (χ1n) is 9.03. The Morgan fingerprint density at radius 1 is 1.27 bits per heavy atom. The second-order valence-corrected chi connectivity index (χ2v) is 9.59. The number of carbonyl (C=O) groups excluding carboxylic acids is 1. The zero-order chi connectivity index (χ0) is 19.5. The first kappa shape index (κ1) is 20.9. The fourth-order valence-corrected chi connectivity index (χ4v) is 3.90. The monoisotopic (exact) mass is 382 g/mol. The molecule has 0 unspecified atom stereocenters. The van der Waals surface area contributed by atoms with Gasteiger partial charge < -0.3 is 10.1 Å². The Balaban J connectivity index is 1.83. The van der Waals surface area contributed by atoms with Gasteiger partial charge in [0.1, 0.15) is 0 Å². The molecule has 1 fully saturated rings. The zero-order valence-corrected chi connectivity index (χ0v) is 17.0. The molecule has 6 nitrogen and oxygen atoms in total. The summed E-state index contributed by atoms with van der Waals surface area (Å²) in [6.45, 7) is 8.29. The minimum atomic E-state index is -3.43. The standard InChI is InChI=1S/C19H30N2O4S/c1-13(2)25-17-12-16(19(17,3)4)21-18(22)11-8-14-6-9-15(10-7-14)26(23,24)20-5/h6-7,9-10,13,16-17,20H,8,11-12H2,1-5H3,(H,21,22)/t16-,17+/m0/s1. The van der Waals surface area contributed by atoms with Crippen molar-refractivity contribution in [2.24, 2.45) is 5.41 Å². The lowest BCUT2D eigenvalue weighted by Gasteiger charge is -2.52. The maximum atomic E-state index is 12.3. The molecule has 0 saturated heterocycles. The molecule has 0 aliphatic heterocycles. The Labute approximate surface area is 156 Å². The van der Waals surface area contributed by atoms with Gasteiger partial charge in [-0.05, 0) is 51.4 Å². The van der Waals surface area contributed by atoms with Gasteiger partial charge in [0, 0.05) is 17.9 Å². The van der Waals surface area contributed by atoms with Crippen LogP contribution in [-0.2, 0) is 26.0 Å². The molecule has 1 amide bonds. The van der Waals surface area contributed by atoms with Crippen LogP contribution in [0.1, 0.15) is 46.1 Å². The topological polar surface area (TPSA) is 84.5 Å². The van der Waals surface area contributed by atoms with Crippen molar-refractivity contribution in [1.29, 1.82) is 0 Å². The SMILES string of the molecule is CNS(=O)(=O)c1ccc(CCC(=O)N[C@H]2C[C@@H](OC(C)C)C2(C)C)cc1. The summed E-state index contributed by atoms with van der Waals surface area (Å²) in [5, 5.41) is 3.10. The second kappa shape index (κ2) is 8.06. The summed E-state index contributed by atoms with van der Waals surface area (Å²) >= 11 is 0. The lowest BCUT2D eigenvalue weighted by molar-refractivity contribution is -0.148. The van der Waals surface area contributed by atoms with E-state index in [4.69, 9.17) is 4.74 Å². The Morgan fingerprint density at radius 3 is 2.38 bits per heavy atom. The quantitative estimate of drug-likeness (QED) is 0.722. The van der Waals surface area contributed by atoms with Gasteiger partial charge >= 0.3 is 0 Å². The lowest BCUT2D eigenvalue weighted by atomic mass is 9.64. The van der Waals surface area contributed by atoms with E-state index in [1.54, 1.807) is 24.3 Å². The molecular formula is C19H30N2O4S.